The van der Waals surface area contributed by atoms with Crippen molar-refractivity contribution in [3.05, 3.63) is 35.4 Å². The zero-order valence-corrected chi connectivity index (χ0v) is 11.1. The van der Waals surface area contributed by atoms with E-state index in [1.807, 2.05) is 6.92 Å². The molecular weight excluding hydrogens is 272 g/mol. The van der Waals surface area contributed by atoms with Gasteiger partial charge in [0.2, 0.25) is 0 Å². The lowest BCUT2D eigenvalue weighted by molar-refractivity contribution is -0.0243. The van der Waals surface area contributed by atoms with Crippen LogP contribution in [0.2, 0.25) is 0 Å². The fourth-order valence-corrected chi connectivity index (χ4v) is 3.10. The highest BCUT2D eigenvalue weighted by molar-refractivity contribution is 7.86. The predicted molar refractivity (Wildman–Crippen MR) is 66.3 cm³/mol. The Labute approximate surface area is 111 Å². The molecule has 1 aliphatic rings. The van der Waals surface area contributed by atoms with Gasteiger partial charge in [-0.15, -0.1) is 0 Å². The molecular formula is C12H14O6S. The van der Waals surface area contributed by atoms with Gasteiger partial charge in [0.05, 0.1) is 6.61 Å². The Bertz CT molecular complexity index is 562. The molecule has 0 bridgehead atoms. The Balaban J connectivity index is 2.36. The number of hydrogen-bond acceptors (Lipinski definition) is 5. The van der Waals surface area contributed by atoms with Crippen molar-refractivity contribution in [1.29, 1.82) is 0 Å². The molecule has 6 nitrogen and oxygen atoms in total. The predicted octanol–water partition coefficient (Wildman–Crippen LogP) is 1.85. The van der Waals surface area contributed by atoms with Gasteiger partial charge in [0.1, 0.15) is 11.4 Å². The van der Waals surface area contributed by atoms with Crippen molar-refractivity contribution in [1.82, 2.24) is 0 Å². The van der Waals surface area contributed by atoms with E-state index in [9.17, 15) is 17.8 Å². The summed E-state index contributed by atoms with van der Waals surface area (Å²) in [4.78, 5) is 11.1. The first-order valence-corrected chi connectivity index (χ1v) is 7.24. The minimum atomic E-state index is -4.39. The largest absolute Gasteiger partial charge is 0.508 e. The lowest BCUT2D eigenvalue weighted by atomic mass is 10.0. The van der Waals surface area contributed by atoms with Crippen LogP contribution >= 0.6 is 0 Å². The van der Waals surface area contributed by atoms with Crippen molar-refractivity contribution < 1.29 is 27.2 Å². The van der Waals surface area contributed by atoms with Gasteiger partial charge in [-0.3, -0.25) is 4.55 Å². The zero-order valence-electron chi connectivity index (χ0n) is 10.3. The van der Waals surface area contributed by atoms with Crippen LogP contribution in [0.5, 0.6) is 0 Å². The second-order valence-electron chi connectivity index (χ2n) is 4.39. The minimum absolute atomic E-state index is 0.0708. The Morgan fingerprint density at radius 1 is 1.32 bits per heavy atom. The van der Waals surface area contributed by atoms with Crippen LogP contribution in [0.4, 0.5) is 4.79 Å². The smallest absolute Gasteiger partial charge is 0.434 e. The quantitative estimate of drug-likeness (QED) is 0.673. The molecule has 1 aromatic carbocycles. The van der Waals surface area contributed by atoms with Gasteiger partial charge in [-0.2, -0.15) is 8.42 Å². The first-order valence-electron chi connectivity index (χ1n) is 5.74. The Morgan fingerprint density at radius 3 is 2.47 bits per heavy atom. The standard InChI is InChI=1S/C12H14O6S/c1-8-2-4-9(5-3-8)11(19(14,15)16)10-6-7-17-12(13)18-10/h2-5,10-11H,6-7H2,1H3,(H,14,15,16). The van der Waals surface area contributed by atoms with Crippen LogP contribution in [0.1, 0.15) is 22.8 Å². The number of rotatable bonds is 3. The molecule has 0 saturated carbocycles. The molecule has 0 aliphatic carbocycles. The SMILES string of the molecule is Cc1ccc(C(C2CCOC(=O)O2)S(=O)(=O)O)cc1. The molecule has 1 heterocycles. The molecule has 1 N–H and O–H groups in total. The van der Waals surface area contributed by atoms with E-state index in [0.717, 1.165) is 5.56 Å². The third kappa shape index (κ3) is 3.24. The number of aryl methyl sites for hydroxylation is 1. The molecule has 1 fully saturated rings. The van der Waals surface area contributed by atoms with Crippen LogP contribution < -0.4 is 0 Å². The van der Waals surface area contributed by atoms with Crippen molar-refractivity contribution in [3.8, 4) is 0 Å². The molecule has 2 atom stereocenters. The number of ether oxygens (including phenoxy) is 2. The van der Waals surface area contributed by atoms with Crippen molar-refractivity contribution in [3.63, 3.8) is 0 Å². The molecule has 1 saturated heterocycles. The summed E-state index contributed by atoms with van der Waals surface area (Å²) in [7, 11) is -4.39. The van der Waals surface area contributed by atoms with Gasteiger partial charge < -0.3 is 9.47 Å². The van der Waals surface area contributed by atoms with E-state index >= 15 is 0 Å². The summed E-state index contributed by atoms with van der Waals surface area (Å²) in [6.07, 6.45) is -1.65. The maximum atomic E-state index is 11.5. The second kappa shape index (κ2) is 5.18. The lowest BCUT2D eigenvalue weighted by Gasteiger charge is -2.28. The van der Waals surface area contributed by atoms with Crippen molar-refractivity contribution in [2.24, 2.45) is 0 Å². The maximum absolute atomic E-state index is 11.5. The Hall–Kier alpha value is -1.60. The highest BCUT2D eigenvalue weighted by Crippen LogP contribution is 2.31. The van der Waals surface area contributed by atoms with E-state index in [-0.39, 0.29) is 13.0 Å². The van der Waals surface area contributed by atoms with E-state index < -0.39 is 27.6 Å². The molecule has 2 unspecified atom stereocenters. The van der Waals surface area contributed by atoms with Gasteiger partial charge in [0.25, 0.3) is 10.1 Å². The molecule has 1 aliphatic heterocycles. The van der Waals surface area contributed by atoms with Crippen LogP contribution in [0, 0.1) is 6.92 Å². The van der Waals surface area contributed by atoms with Crippen LogP contribution in [0.15, 0.2) is 24.3 Å². The first-order chi connectivity index (χ1) is 8.88. The summed E-state index contributed by atoms with van der Waals surface area (Å²) in [6.45, 7) is 1.93. The molecule has 0 aromatic heterocycles. The average Bonchev–Trinajstić information content (AvgIpc) is 2.30. The third-order valence-electron chi connectivity index (χ3n) is 2.93. The monoisotopic (exact) mass is 286 g/mol. The fourth-order valence-electron chi connectivity index (χ4n) is 2.02. The molecule has 7 heteroatoms. The van der Waals surface area contributed by atoms with E-state index in [1.165, 1.54) is 0 Å². The van der Waals surface area contributed by atoms with Crippen LogP contribution in [0.3, 0.4) is 0 Å². The van der Waals surface area contributed by atoms with Crippen LogP contribution in [0.25, 0.3) is 0 Å². The van der Waals surface area contributed by atoms with E-state index in [1.54, 1.807) is 24.3 Å². The van der Waals surface area contributed by atoms with Crippen LogP contribution in [-0.2, 0) is 19.6 Å². The number of benzene rings is 1. The number of cyclic esters (lactones) is 2. The van der Waals surface area contributed by atoms with Gasteiger partial charge in [-0.25, -0.2) is 4.79 Å². The first kappa shape index (κ1) is 13.8. The highest BCUT2D eigenvalue weighted by Gasteiger charge is 2.38. The highest BCUT2D eigenvalue weighted by atomic mass is 32.2. The Kier molecular flexibility index (Phi) is 3.77. The van der Waals surface area contributed by atoms with Crippen molar-refractivity contribution in [2.45, 2.75) is 24.7 Å². The Morgan fingerprint density at radius 2 is 1.95 bits per heavy atom. The van der Waals surface area contributed by atoms with Crippen molar-refractivity contribution >= 4 is 16.3 Å². The molecule has 0 spiro atoms. The molecule has 2 rings (SSSR count). The normalized spacial score (nSPS) is 21.4. The van der Waals surface area contributed by atoms with E-state index in [0.29, 0.717) is 5.56 Å². The summed E-state index contributed by atoms with van der Waals surface area (Å²) in [6, 6.07) is 6.65. The van der Waals surface area contributed by atoms with Crippen molar-refractivity contribution in [2.75, 3.05) is 6.61 Å². The van der Waals surface area contributed by atoms with Crippen LogP contribution in [-0.4, -0.2) is 31.8 Å². The number of hydrogen-bond donors (Lipinski definition) is 1. The topological polar surface area (TPSA) is 89.9 Å². The fraction of sp³-hybridized carbons (Fsp3) is 0.417. The summed E-state index contributed by atoms with van der Waals surface area (Å²) >= 11 is 0. The van der Waals surface area contributed by atoms with Gasteiger partial charge in [-0.1, -0.05) is 29.8 Å². The number of carbonyl (C=O) groups excluding carboxylic acids is 1. The average molecular weight is 286 g/mol. The molecule has 104 valence electrons. The van der Waals surface area contributed by atoms with Gasteiger partial charge in [0.15, 0.2) is 0 Å². The van der Waals surface area contributed by atoms with Gasteiger partial charge in [-0.05, 0) is 12.5 Å². The molecule has 19 heavy (non-hydrogen) atoms. The summed E-state index contributed by atoms with van der Waals surface area (Å²) in [5.41, 5.74) is 1.34. The summed E-state index contributed by atoms with van der Waals surface area (Å²) in [5.74, 6) is 0. The third-order valence-corrected chi connectivity index (χ3v) is 4.15. The van der Waals surface area contributed by atoms with E-state index in [4.69, 9.17) is 4.74 Å². The maximum Gasteiger partial charge on any atom is 0.508 e. The van der Waals surface area contributed by atoms with E-state index in [2.05, 4.69) is 4.74 Å². The minimum Gasteiger partial charge on any atom is -0.434 e. The summed E-state index contributed by atoms with van der Waals surface area (Å²) in [5, 5.41) is -1.29. The zero-order chi connectivity index (χ0) is 14.0. The lowest BCUT2D eigenvalue weighted by Crippen LogP contribution is -2.35. The number of carbonyl (C=O) groups is 1. The summed E-state index contributed by atoms with van der Waals surface area (Å²) < 4.78 is 41.9. The molecule has 1 aromatic rings. The molecule has 0 radical (unpaired) electrons. The van der Waals surface area contributed by atoms with Gasteiger partial charge >= 0.3 is 6.16 Å². The molecule has 0 amide bonds. The van der Waals surface area contributed by atoms with Gasteiger partial charge in [0, 0.05) is 6.42 Å². The second-order valence-corrected chi connectivity index (χ2v) is 5.93.